The highest BCUT2D eigenvalue weighted by Crippen LogP contribution is 2.50. The fraction of sp³-hybridized carbons (Fsp3) is 1.00. The van der Waals surface area contributed by atoms with Crippen molar-refractivity contribution < 1.29 is 5.11 Å². The second-order valence-electron chi connectivity index (χ2n) is 10.9. The second kappa shape index (κ2) is 12.6. The topological polar surface area (TPSA) is 20.2 Å². The molecule has 0 spiro atoms. The summed E-state index contributed by atoms with van der Waals surface area (Å²) in [6, 6.07) is 0. The van der Waals surface area contributed by atoms with Gasteiger partial charge in [-0.1, -0.05) is 96.8 Å². The van der Waals surface area contributed by atoms with Crippen molar-refractivity contribution in [3.05, 3.63) is 0 Å². The Balaban J connectivity index is 1.26. The van der Waals surface area contributed by atoms with Gasteiger partial charge in [-0.25, -0.2) is 0 Å². The lowest BCUT2D eigenvalue weighted by atomic mass is 9.59. The van der Waals surface area contributed by atoms with Gasteiger partial charge in [0.15, 0.2) is 0 Å². The molecule has 0 heterocycles. The van der Waals surface area contributed by atoms with Gasteiger partial charge in [-0.15, -0.1) is 0 Å². The summed E-state index contributed by atoms with van der Waals surface area (Å²) < 4.78 is 0. The molecule has 0 aromatic rings. The van der Waals surface area contributed by atoms with Gasteiger partial charge in [-0.3, -0.25) is 0 Å². The van der Waals surface area contributed by atoms with E-state index in [1.807, 2.05) is 0 Å². The van der Waals surface area contributed by atoms with Crippen LogP contribution < -0.4 is 0 Å². The summed E-state index contributed by atoms with van der Waals surface area (Å²) in [5.74, 6) is 4.83. The molecule has 3 rings (SSSR count). The molecule has 0 radical (unpaired) electrons. The Morgan fingerprint density at radius 2 is 1.21 bits per heavy atom. The van der Waals surface area contributed by atoms with Crippen LogP contribution in [0.5, 0.6) is 0 Å². The third-order valence-corrected chi connectivity index (χ3v) is 8.90. The maximum absolute atomic E-state index is 10.2. The first-order valence-corrected chi connectivity index (χ1v) is 13.5. The smallest absolute Gasteiger partial charge is 0.0543 e. The van der Waals surface area contributed by atoms with E-state index < -0.39 is 0 Å². The van der Waals surface area contributed by atoms with E-state index in [-0.39, 0.29) is 6.10 Å². The Labute approximate surface area is 176 Å². The summed E-state index contributed by atoms with van der Waals surface area (Å²) in [5.41, 5.74) is 0. The molecule has 1 N–H and O–H groups in total. The fourth-order valence-corrected chi connectivity index (χ4v) is 7.19. The van der Waals surface area contributed by atoms with Gasteiger partial charge in [0.25, 0.3) is 0 Å². The molecular weight excluding hydrogens is 340 g/mol. The summed E-state index contributed by atoms with van der Waals surface area (Å²) in [7, 11) is 0. The van der Waals surface area contributed by atoms with Gasteiger partial charge in [-0.05, 0) is 68.1 Å². The molecule has 3 aliphatic rings. The van der Waals surface area contributed by atoms with Crippen LogP contribution in [0.1, 0.15) is 135 Å². The van der Waals surface area contributed by atoms with E-state index in [2.05, 4.69) is 6.92 Å². The maximum atomic E-state index is 10.2. The van der Waals surface area contributed by atoms with Gasteiger partial charge in [0.2, 0.25) is 0 Å². The summed E-state index contributed by atoms with van der Waals surface area (Å²) >= 11 is 0. The molecule has 4 atom stereocenters. The highest BCUT2D eigenvalue weighted by Gasteiger charge is 2.41. The van der Waals surface area contributed by atoms with Crippen molar-refractivity contribution in [1.82, 2.24) is 0 Å². The first-order valence-electron chi connectivity index (χ1n) is 13.5. The molecule has 0 aromatic heterocycles. The molecule has 0 amide bonds. The maximum Gasteiger partial charge on any atom is 0.0543 e. The number of hydrogen-bond donors (Lipinski definition) is 1. The van der Waals surface area contributed by atoms with Crippen LogP contribution in [0.15, 0.2) is 0 Å². The van der Waals surface area contributed by atoms with Crippen molar-refractivity contribution in [3.63, 3.8) is 0 Å². The summed E-state index contributed by atoms with van der Waals surface area (Å²) in [6.07, 6.45) is 28.6. The van der Waals surface area contributed by atoms with Crippen LogP contribution in [0.2, 0.25) is 0 Å². The van der Waals surface area contributed by atoms with Crippen LogP contribution in [0.4, 0.5) is 0 Å². The Morgan fingerprint density at radius 3 is 1.93 bits per heavy atom. The molecule has 28 heavy (non-hydrogen) atoms. The van der Waals surface area contributed by atoms with E-state index in [0.29, 0.717) is 0 Å². The van der Waals surface area contributed by atoms with E-state index in [0.717, 1.165) is 42.4 Å². The van der Waals surface area contributed by atoms with Crippen molar-refractivity contribution >= 4 is 0 Å². The summed E-state index contributed by atoms with van der Waals surface area (Å²) in [4.78, 5) is 0. The number of rotatable bonds is 11. The average Bonchev–Trinajstić information content (AvgIpc) is 2.72. The first kappa shape index (κ1) is 22.6. The van der Waals surface area contributed by atoms with Crippen LogP contribution in [0.25, 0.3) is 0 Å². The molecule has 3 aliphatic carbocycles. The number of fused-ring (bicyclic) bond motifs is 1. The van der Waals surface area contributed by atoms with Crippen molar-refractivity contribution in [2.75, 3.05) is 0 Å². The molecule has 3 saturated carbocycles. The Morgan fingerprint density at radius 1 is 0.607 bits per heavy atom. The zero-order valence-electron chi connectivity index (χ0n) is 19.1. The number of hydrogen-bond acceptors (Lipinski definition) is 1. The zero-order chi connectivity index (χ0) is 19.6. The third kappa shape index (κ3) is 7.03. The van der Waals surface area contributed by atoms with Crippen molar-refractivity contribution in [3.8, 4) is 0 Å². The molecule has 0 bridgehead atoms. The average molecular weight is 391 g/mol. The highest BCUT2D eigenvalue weighted by atomic mass is 16.3. The van der Waals surface area contributed by atoms with Crippen LogP contribution in [0, 0.1) is 29.6 Å². The number of unbranched alkanes of at least 4 members (excludes halogenated alkanes) is 8. The van der Waals surface area contributed by atoms with E-state index >= 15 is 0 Å². The molecule has 0 saturated heterocycles. The monoisotopic (exact) mass is 390 g/mol. The van der Waals surface area contributed by atoms with Crippen LogP contribution >= 0.6 is 0 Å². The van der Waals surface area contributed by atoms with Crippen LogP contribution in [-0.2, 0) is 0 Å². The predicted octanol–water partition coefficient (Wildman–Crippen LogP) is 8.29. The molecule has 164 valence electrons. The number of aliphatic hydroxyl groups excluding tert-OH is 1. The predicted molar refractivity (Wildman–Crippen MR) is 121 cm³/mol. The first-order chi connectivity index (χ1) is 13.8. The molecule has 0 aromatic carbocycles. The highest BCUT2D eigenvalue weighted by molar-refractivity contribution is 4.92. The number of aliphatic hydroxyl groups is 1. The van der Waals surface area contributed by atoms with E-state index in [4.69, 9.17) is 0 Å². The molecule has 1 heteroatoms. The van der Waals surface area contributed by atoms with Crippen molar-refractivity contribution in [2.24, 2.45) is 29.6 Å². The Bertz CT molecular complexity index is 397. The second-order valence-corrected chi connectivity index (χ2v) is 10.9. The lowest BCUT2D eigenvalue weighted by molar-refractivity contribution is -0.00961. The minimum absolute atomic E-state index is 0.0184. The molecule has 4 unspecified atom stereocenters. The Hall–Kier alpha value is -0.0400. The summed E-state index contributed by atoms with van der Waals surface area (Å²) in [6.45, 7) is 2.31. The van der Waals surface area contributed by atoms with Gasteiger partial charge in [0.1, 0.15) is 0 Å². The van der Waals surface area contributed by atoms with Gasteiger partial charge < -0.3 is 5.11 Å². The van der Waals surface area contributed by atoms with Crippen molar-refractivity contribution in [2.45, 2.75) is 141 Å². The fourth-order valence-electron chi connectivity index (χ4n) is 7.19. The standard InChI is InChI=1S/C27H50O/c1-2-3-4-5-6-7-8-9-10-12-22-15-17-24(18-16-22)26-14-11-13-23-19-20-25(28)21-27(23)26/h22-28H,2-21H2,1H3. The van der Waals surface area contributed by atoms with Crippen LogP contribution in [-0.4, -0.2) is 11.2 Å². The molecule has 1 nitrogen and oxygen atoms in total. The van der Waals surface area contributed by atoms with Gasteiger partial charge in [0, 0.05) is 0 Å². The van der Waals surface area contributed by atoms with Gasteiger partial charge in [-0.2, -0.15) is 0 Å². The van der Waals surface area contributed by atoms with E-state index in [1.54, 1.807) is 0 Å². The molecule has 3 fully saturated rings. The van der Waals surface area contributed by atoms with Crippen molar-refractivity contribution in [1.29, 1.82) is 0 Å². The molecular formula is C27H50O. The molecule has 0 aliphatic heterocycles. The Kier molecular flexibility index (Phi) is 10.2. The lowest BCUT2D eigenvalue weighted by Crippen LogP contribution is -2.39. The lowest BCUT2D eigenvalue weighted by Gasteiger charge is -2.47. The zero-order valence-corrected chi connectivity index (χ0v) is 19.1. The third-order valence-electron chi connectivity index (χ3n) is 8.90. The SMILES string of the molecule is CCCCCCCCCCCC1CCC(C2CCCC3CCC(O)CC32)CC1. The minimum atomic E-state index is 0.0184. The van der Waals surface area contributed by atoms with Crippen LogP contribution in [0.3, 0.4) is 0 Å². The summed E-state index contributed by atoms with van der Waals surface area (Å²) in [5, 5.41) is 10.2. The van der Waals surface area contributed by atoms with E-state index in [9.17, 15) is 5.11 Å². The minimum Gasteiger partial charge on any atom is -0.393 e. The van der Waals surface area contributed by atoms with Gasteiger partial charge in [0.05, 0.1) is 6.10 Å². The normalized spacial score (nSPS) is 36.2. The quantitative estimate of drug-likeness (QED) is 0.352. The van der Waals surface area contributed by atoms with Gasteiger partial charge >= 0.3 is 0 Å². The van der Waals surface area contributed by atoms with E-state index in [1.165, 1.54) is 116 Å². The largest absolute Gasteiger partial charge is 0.393 e.